The van der Waals surface area contributed by atoms with Crippen LogP contribution < -0.4 is 5.32 Å². The average Bonchev–Trinajstić information content (AvgIpc) is 2.76. The molecule has 7 heteroatoms. The highest BCUT2D eigenvalue weighted by atomic mass is 32.2. The van der Waals surface area contributed by atoms with E-state index >= 15 is 0 Å². The van der Waals surface area contributed by atoms with Gasteiger partial charge in [0.15, 0.2) is 9.84 Å². The average molecular weight is 337 g/mol. The standard InChI is InChI=1S/C16H23N3O3S/c1-18-11-12-23(21,22)15-8-10-19(9-7-14(15)18)16(20)17-13-5-3-2-4-6-13/h2-6,14-15H,7-12H2,1H3,(H,17,20)/t14-,15-/m0/s1. The van der Waals surface area contributed by atoms with Gasteiger partial charge in [-0.25, -0.2) is 13.2 Å². The Bertz CT molecular complexity index is 662. The Morgan fingerprint density at radius 1 is 1.13 bits per heavy atom. The van der Waals surface area contributed by atoms with E-state index in [0.29, 0.717) is 32.5 Å². The van der Waals surface area contributed by atoms with E-state index in [-0.39, 0.29) is 23.1 Å². The van der Waals surface area contributed by atoms with Crippen LogP contribution in [-0.2, 0) is 9.84 Å². The van der Waals surface area contributed by atoms with Crippen LogP contribution in [0.1, 0.15) is 12.8 Å². The van der Waals surface area contributed by atoms with Crippen LogP contribution in [0.25, 0.3) is 0 Å². The summed E-state index contributed by atoms with van der Waals surface area (Å²) >= 11 is 0. The van der Waals surface area contributed by atoms with Crippen molar-refractivity contribution in [3.63, 3.8) is 0 Å². The minimum absolute atomic E-state index is 0.0169. The summed E-state index contributed by atoms with van der Waals surface area (Å²) in [6, 6.07) is 9.18. The normalized spacial score (nSPS) is 27.8. The molecule has 2 aliphatic rings. The molecule has 2 heterocycles. The van der Waals surface area contributed by atoms with Crippen LogP contribution in [0.3, 0.4) is 0 Å². The highest BCUT2D eigenvalue weighted by Crippen LogP contribution is 2.27. The zero-order chi connectivity index (χ0) is 16.4. The van der Waals surface area contributed by atoms with E-state index in [2.05, 4.69) is 10.2 Å². The molecule has 0 spiro atoms. The summed E-state index contributed by atoms with van der Waals surface area (Å²) in [5.74, 6) is 0.223. The second-order valence-corrected chi connectivity index (χ2v) is 8.65. The lowest BCUT2D eigenvalue weighted by Gasteiger charge is -2.37. The van der Waals surface area contributed by atoms with Gasteiger partial charge < -0.3 is 15.1 Å². The predicted octanol–water partition coefficient (Wildman–Crippen LogP) is 1.41. The molecule has 2 saturated heterocycles. The van der Waals surface area contributed by atoms with Crippen molar-refractivity contribution in [2.24, 2.45) is 0 Å². The van der Waals surface area contributed by atoms with Gasteiger partial charge in [-0.3, -0.25) is 0 Å². The Kier molecular flexibility index (Phi) is 4.59. The molecule has 2 amide bonds. The lowest BCUT2D eigenvalue weighted by atomic mass is 10.1. The van der Waals surface area contributed by atoms with Crippen molar-refractivity contribution < 1.29 is 13.2 Å². The molecule has 0 aromatic heterocycles. The summed E-state index contributed by atoms with van der Waals surface area (Å²) in [5, 5.41) is 2.53. The van der Waals surface area contributed by atoms with Crippen molar-refractivity contribution in [2.75, 3.05) is 37.8 Å². The van der Waals surface area contributed by atoms with Gasteiger partial charge in [0.25, 0.3) is 0 Å². The van der Waals surface area contributed by atoms with Crippen molar-refractivity contribution >= 4 is 21.6 Å². The Balaban J connectivity index is 1.69. The third kappa shape index (κ3) is 3.50. The van der Waals surface area contributed by atoms with Gasteiger partial charge in [-0.2, -0.15) is 0 Å². The Labute approximate surface area is 137 Å². The number of anilines is 1. The molecule has 0 unspecified atom stereocenters. The number of fused-ring (bicyclic) bond motifs is 1. The molecule has 6 nitrogen and oxygen atoms in total. The zero-order valence-corrected chi connectivity index (χ0v) is 14.1. The first-order valence-corrected chi connectivity index (χ1v) is 9.72. The van der Waals surface area contributed by atoms with Crippen LogP contribution in [0.5, 0.6) is 0 Å². The van der Waals surface area contributed by atoms with Gasteiger partial charge in [0.2, 0.25) is 0 Å². The van der Waals surface area contributed by atoms with E-state index in [4.69, 9.17) is 0 Å². The summed E-state index contributed by atoms with van der Waals surface area (Å²) < 4.78 is 24.7. The van der Waals surface area contributed by atoms with Crippen LogP contribution in [0.2, 0.25) is 0 Å². The fourth-order valence-electron chi connectivity index (χ4n) is 3.50. The lowest BCUT2D eigenvalue weighted by Crippen LogP contribution is -2.52. The summed E-state index contributed by atoms with van der Waals surface area (Å²) in [7, 11) is -1.07. The summed E-state index contributed by atoms with van der Waals surface area (Å²) in [5.41, 5.74) is 0.754. The van der Waals surface area contributed by atoms with Gasteiger partial charge in [-0.1, -0.05) is 18.2 Å². The molecule has 2 atom stereocenters. The number of carbonyl (C=O) groups is 1. The molecular weight excluding hydrogens is 314 g/mol. The first-order chi connectivity index (χ1) is 11.0. The number of carbonyl (C=O) groups excluding carboxylic acids is 1. The number of likely N-dealkylation sites (tertiary alicyclic amines) is 1. The molecule has 0 bridgehead atoms. The number of para-hydroxylation sites is 1. The number of hydrogen-bond acceptors (Lipinski definition) is 4. The fraction of sp³-hybridized carbons (Fsp3) is 0.562. The zero-order valence-electron chi connectivity index (χ0n) is 13.3. The Hall–Kier alpha value is -1.60. The van der Waals surface area contributed by atoms with Gasteiger partial charge in [0, 0.05) is 31.4 Å². The van der Waals surface area contributed by atoms with E-state index < -0.39 is 9.84 Å². The van der Waals surface area contributed by atoms with E-state index in [1.807, 2.05) is 37.4 Å². The predicted molar refractivity (Wildman–Crippen MR) is 90.3 cm³/mol. The first-order valence-electron chi connectivity index (χ1n) is 8.00. The molecule has 1 aromatic rings. The molecular formula is C16H23N3O3S. The van der Waals surface area contributed by atoms with Gasteiger partial charge >= 0.3 is 6.03 Å². The monoisotopic (exact) mass is 337 g/mol. The summed E-state index contributed by atoms with van der Waals surface area (Å²) in [6.07, 6.45) is 1.21. The molecule has 2 fully saturated rings. The van der Waals surface area contributed by atoms with Gasteiger partial charge in [-0.05, 0) is 32.0 Å². The highest BCUT2D eigenvalue weighted by Gasteiger charge is 2.41. The molecule has 126 valence electrons. The number of sulfone groups is 1. The van der Waals surface area contributed by atoms with Crippen molar-refractivity contribution in [2.45, 2.75) is 24.1 Å². The van der Waals surface area contributed by atoms with Crippen LogP contribution in [0.15, 0.2) is 30.3 Å². The number of urea groups is 1. The van der Waals surface area contributed by atoms with Crippen LogP contribution >= 0.6 is 0 Å². The topological polar surface area (TPSA) is 69.7 Å². The maximum Gasteiger partial charge on any atom is 0.321 e. The van der Waals surface area contributed by atoms with E-state index in [1.165, 1.54) is 0 Å². The van der Waals surface area contributed by atoms with E-state index in [9.17, 15) is 13.2 Å². The largest absolute Gasteiger partial charge is 0.324 e. The third-order valence-electron chi connectivity index (χ3n) is 4.88. The second kappa shape index (κ2) is 6.49. The number of nitrogens with zero attached hydrogens (tertiary/aromatic N) is 2. The van der Waals surface area contributed by atoms with Crippen molar-refractivity contribution in [1.82, 2.24) is 9.80 Å². The molecule has 2 aliphatic heterocycles. The summed E-state index contributed by atoms with van der Waals surface area (Å²) in [4.78, 5) is 16.3. The first kappa shape index (κ1) is 16.3. The summed E-state index contributed by atoms with van der Waals surface area (Å²) in [6.45, 7) is 1.65. The number of amides is 2. The second-order valence-electron chi connectivity index (χ2n) is 6.31. The van der Waals surface area contributed by atoms with Gasteiger partial charge in [0.1, 0.15) is 0 Å². The Morgan fingerprint density at radius 3 is 2.57 bits per heavy atom. The minimum Gasteiger partial charge on any atom is -0.324 e. The van der Waals surface area contributed by atoms with Crippen molar-refractivity contribution in [1.29, 1.82) is 0 Å². The van der Waals surface area contributed by atoms with Crippen LogP contribution in [0.4, 0.5) is 10.5 Å². The Morgan fingerprint density at radius 2 is 1.83 bits per heavy atom. The molecule has 0 saturated carbocycles. The molecule has 1 aromatic carbocycles. The number of rotatable bonds is 1. The number of nitrogens with one attached hydrogen (secondary N) is 1. The maximum atomic E-state index is 12.4. The molecule has 0 radical (unpaired) electrons. The van der Waals surface area contributed by atoms with E-state index in [0.717, 1.165) is 5.69 Å². The number of benzene rings is 1. The fourth-order valence-corrected chi connectivity index (χ4v) is 5.63. The SMILES string of the molecule is CN1CCS(=O)(=O)[C@H]2CCN(C(=O)Nc3ccccc3)CC[C@@H]21. The quantitative estimate of drug-likeness (QED) is 0.841. The molecule has 23 heavy (non-hydrogen) atoms. The molecule has 0 aliphatic carbocycles. The van der Waals surface area contributed by atoms with Gasteiger partial charge in [-0.15, -0.1) is 0 Å². The molecule has 1 N–H and O–H groups in total. The van der Waals surface area contributed by atoms with E-state index in [1.54, 1.807) is 4.90 Å². The number of hydrogen-bond donors (Lipinski definition) is 1. The highest BCUT2D eigenvalue weighted by molar-refractivity contribution is 7.92. The third-order valence-corrected chi connectivity index (χ3v) is 7.10. The maximum absolute atomic E-state index is 12.4. The van der Waals surface area contributed by atoms with Gasteiger partial charge in [0.05, 0.1) is 11.0 Å². The van der Waals surface area contributed by atoms with Crippen LogP contribution in [-0.4, -0.2) is 68.0 Å². The minimum atomic E-state index is -3.05. The van der Waals surface area contributed by atoms with Crippen molar-refractivity contribution in [3.8, 4) is 0 Å². The lowest BCUT2D eigenvalue weighted by molar-refractivity contribution is 0.205. The molecule has 3 rings (SSSR count). The van der Waals surface area contributed by atoms with Crippen LogP contribution in [0, 0.1) is 0 Å². The smallest absolute Gasteiger partial charge is 0.321 e. The van der Waals surface area contributed by atoms with Crippen molar-refractivity contribution in [3.05, 3.63) is 30.3 Å².